The number of nitrogens with two attached hydrogens (primary N) is 1. The van der Waals surface area contributed by atoms with Crippen molar-refractivity contribution in [3.05, 3.63) is 23.8 Å². The molecule has 7 unspecified atom stereocenters. The molecule has 3 aliphatic heterocycles. The number of carbonyl (C=O) groups excluding carboxylic acids is 3. The van der Waals surface area contributed by atoms with Crippen LogP contribution in [0.4, 0.5) is 0 Å². The SMILES string of the molecule is CCC1OC(=O)C[C@@H](O)[C@H](C)[C@@H](OC2OC(C)C(C)C(N(C)C)C2O)[C@@H](CCN2C[C@H](C)C[C@H](C)C2)C[C@@H](C)C(=O)/C=C/C(C)=C/[C@H]1C(N)CCCNC(C)=O. The lowest BCUT2D eigenvalue weighted by molar-refractivity contribution is -0.295. The molecule has 3 rings (SSSR count). The van der Waals surface area contributed by atoms with Crippen molar-refractivity contribution in [3.8, 4) is 0 Å². The van der Waals surface area contributed by atoms with Gasteiger partial charge < -0.3 is 45.3 Å². The summed E-state index contributed by atoms with van der Waals surface area (Å²) in [4.78, 5) is 43.5. The van der Waals surface area contributed by atoms with Crippen molar-refractivity contribution in [2.24, 2.45) is 47.2 Å². The summed E-state index contributed by atoms with van der Waals surface area (Å²) in [5, 5.41) is 26.4. The zero-order chi connectivity index (χ0) is 41.9. The molecule has 0 saturated carbocycles. The molecule has 0 bridgehead atoms. The monoisotopic (exact) mass is 791 g/mol. The second kappa shape index (κ2) is 22.8. The number of cyclic esters (lactones) is 1. The van der Waals surface area contributed by atoms with Crippen molar-refractivity contribution in [1.82, 2.24) is 15.1 Å². The number of ketones is 1. The van der Waals surface area contributed by atoms with Crippen LogP contribution in [0.5, 0.6) is 0 Å². The number of allylic oxidation sites excluding steroid dienone is 3. The fraction of sp³-hybridized carbons (Fsp3) is 0.841. The molecule has 0 aromatic carbocycles. The van der Waals surface area contributed by atoms with Crippen LogP contribution in [0, 0.1) is 41.4 Å². The Morgan fingerprint density at radius 1 is 1.05 bits per heavy atom. The van der Waals surface area contributed by atoms with E-state index in [1.807, 2.05) is 65.8 Å². The minimum absolute atomic E-state index is 0.0132. The van der Waals surface area contributed by atoms with Gasteiger partial charge in [-0.3, -0.25) is 14.4 Å². The molecule has 3 aliphatic rings. The second-order valence-electron chi connectivity index (χ2n) is 18.1. The lowest BCUT2D eigenvalue weighted by Gasteiger charge is -2.47. The van der Waals surface area contributed by atoms with Crippen LogP contribution in [0.15, 0.2) is 23.8 Å². The highest BCUT2D eigenvalue weighted by molar-refractivity contribution is 5.91. The average molecular weight is 791 g/mol. The Bertz CT molecular complexity index is 1300. The Morgan fingerprint density at radius 2 is 1.71 bits per heavy atom. The Balaban J connectivity index is 2.03. The molecule has 0 spiro atoms. The molecule has 3 heterocycles. The minimum Gasteiger partial charge on any atom is -0.462 e. The van der Waals surface area contributed by atoms with Gasteiger partial charge in [-0.05, 0) is 96.8 Å². The van der Waals surface area contributed by atoms with Gasteiger partial charge >= 0.3 is 5.97 Å². The number of nitrogens with one attached hydrogen (secondary N) is 1. The fourth-order valence-corrected chi connectivity index (χ4v) is 9.45. The summed E-state index contributed by atoms with van der Waals surface area (Å²) in [7, 11) is 3.88. The zero-order valence-corrected chi connectivity index (χ0v) is 36.5. The van der Waals surface area contributed by atoms with E-state index in [1.54, 1.807) is 6.08 Å². The van der Waals surface area contributed by atoms with Gasteiger partial charge in [-0.2, -0.15) is 0 Å². The molecule has 12 heteroatoms. The standard InChI is InChI=1S/C44H78N4O8/c1-12-39-35(36(45)14-13-18-46-33(9)49)21-26(2)15-16-37(50)29(5)22-34(17-19-48-24-27(3)20-28(4)25-48)43(31(7)38(51)23-40(52)55-39)56-44-42(53)41(47(10)11)30(6)32(8)54-44/h15-16,21,27-32,34-36,38-39,41-44,51,53H,12-14,17-20,22-25,45H2,1-11H3,(H,46,49)/b16-15+,26-21+/t27-,28+,29-,30?,31+,32?,34+,35+,36?,38-,39?,41?,42?,43-,44?/m1/s1. The molecule has 0 aromatic rings. The van der Waals surface area contributed by atoms with Crippen molar-refractivity contribution in [3.63, 3.8) is 0 Å². The summed E-state index contributed by atoms with van der Waals surface area (Å²) in [6, 6.07) is -0.609. The highest BCUT2D eigenvalue weighted by atomic mass is 16.7. The Labute approximate surface area is 338 Å². The van der Waals surface area contributed by atoms with Crippen molar-refractivity contribution in [2.45, 2.75) is 156 Å². The summed E-state index contributed by atoms with van der Waals surface area (Å²) in [6.45, 7) is 21.1. The van der Waals surface area contributed by atoms with Gasteiger partial charge in [-0.15, -0.1) is 0 Å². The van der Waals surface area contributed by atoms with Crippen LogP contribution >= 0.6 is 0 Å². The van der Waals surface area contributed by atoms with Crippen LogP contribution in [-0.2, 0) is 28.6 Å². The van der Waals surface area contributed by atoms with E-state index < -0.39 is 42.6 Å². The number of nitrogens with zero attached hydrogens (tertiary/aromatic N) is 2. The van der Waals surface area contributed by atoms with Crippen LogP contribution in [0.25, 0.3) is 0 Å². The average Bonchev–Trinajstić information content (AvgIpc) is 3.11. The van der Waals surface area contributed by atoms with Crippen molar-refractivity contribution in [2.75, 3.05) is 40.3 Å². The third-order valence-corrected chi connectivity index (χ3v) is 12.7. The van der Waals surface area contributed by atoms with Crippen molar-refractivity contribution >= 4 is 17.7 Å². The first-order valence-electron chi connectivity index (χ1n) is 21.5. The number of likely N-dealkylation sites (N-methyl/N-ethyl adjacent to an activating group) is 1. The van der Waals surface area contributed by atoms with Crippen molar-refractivity contribution < 1.29 is 38.8 Å². The number of carbonyl (C=O) groups is 3. The summed E-state index contributed by atoms with van der Waals surface area (Å²) in [6.07, 6.45) is 4.80. The summed E-state index contributed by atoms with van der Waals surface area (Å²) < 4.78 is 19.4. The maximum atomic E-state index is 13.9. The van der Waals surface area contributed by atoms with Gasteiger partial charge in [0, 0.05) is 62.3 Å². The molecule has 322 valence electrons. The number of hydrogen-bond acceptors (Lipinski definition) is 11. The van der Waals surface area contributed by atoms with Crippen molar-refractivity contribution in [1.29, 1.82) is 0 Å². The first-order chi connectivity index (χ1) is 26.3. The molecule has 1 amide bonds. The largest absolute Gasteiger partial charge is 0.462 e. The van der Waals surface area contributed by atoms with E-state index >= 15 is 0 Å². The Morgan fingerprint density at radius 3 is 2.32 bits per heavy atom. The number of esters is 1. The van der Waals surface area contributed by atoms with E-state index in [9.17, 15) is 24.6 Å². The molecule has 2 fully saturated rings. The van der Waals surface area contributed by atoms with E-state index in [1.165, 1.54) is 13.3 Å². The quantitative estimate of drug-likeness (QED) is 0.160. The van der Waals surface area contributed by atoms with Gasteiger partial charge in [0.25, 0.3) is 0 Å². The number of aliphatic hydroxyl groups is 2. The number of rotatable bonds is 12. The van der Waals surface area contributed by atoms with Crippen LogP contribution in [0.1, 0.15) is 107 Å². The molecular formula is C44H78N4O8. The van der Waals surface area contributed by atoms with E-state index in [2.05, 4.69) is 31.0 Å². The summed E-state index contributed by atoms with van der Waals surface area (Å²) in [5.41, 5.74) is 7.58. The third-order valence-electron chi connectivity index (χ3n) is 12.7. The van der Waals surface area contributed by atoms with Gasteiger partial charge in [-0.1, -0.05) is 59.3 Å². The third kappa shape index (κ3) is 14.3. The lowest BCUT2D eigenvalue weighted by atomic mass is 9.79. The van der Waals surface area contributed by atoms with E-state index in [4.69, 9.17) is 19.9 Å². The van der Waals surface area contributed by atoms with Crippen LogP contribution in [0.2, 0.25) is 0 Å². The number of aliphatic hydroxyl groups excluding tert-OH is 2. The zero-order valence-electron chi connectivity index (χ0n) is 36.5. The van der Waals surface area contributed by atoms with Gasteiger partial charge in [0.05, 0.1) is 24.7 Å². The molecular weight excluding hydrogens is 713 g/mol. The van der Waals surface area contributed by atoms with Crippen LogP contribution in [-0.4, -0.2) is 127 Å². The first-order valence-corrected chi connectivity index (χ1v) is 21.5. The normalized spacial score (nSPS) is 39.4. The highest BCUT2D eigenvalue weighted by Gasteiger charge is 2.46. The van der Waals surface area contributed by atoms with Crippen LogP contribution < -0.4 is 11.1 Å². The highest BCUT2D eigenvalue weighted by Crippen LogP contribution is 2.36. The predicted molar refractivity (Wildman–Crippen MR) is 220 cm³/mol. The molecule has 15 atom stereocenters. The number of ether oxygens (including phenoxy) is 3. The number of piperidine rings is 1. The second-order valence-corrected chi connectivity index (χ2v) is 18.1. The molecule has 0 aromatic heterocycles. The smallest absolute Gasteiger partial charge is 0.308 e. The fourth-order valence-electron chi connectivity index (χ4n) is 9.45. The molecule has 12 nitrogen and oxygen atoms in total. The minimum atomic E-state index is -1.13. The molecule has 2 saturated heterocycles. The predicted octanol–water partition coefficient (Wildman–Crippen LogP) is 4.71. The molecule has 0 radical (unpaired) electrons. The van der Waals surface area contributed by atoms with Crippen LogP contribution in [0.3, 0.4) is 0 Å². The molecule has 5 N–H and O–H groups in total. The number of likely N-dealkylation sites (tertiary alicyclic amines) is 1. The van der Waals surface area contributed by atoms with E-state index in [-0.39, 0.29) is 60.0 Å². The van der Waals surface area contributed by atoms with Gasteiger partial charge in [-0.25, -0.2) is 0 Å². The number of amides is 1. The van der Waals surface area contributed by atoms with Gasteiger partial charge in [0.2, 0.25) is 5.91 Å². The Hall–Kier alpha value is -2.19. The summed E-state index contributed by atoms with van der Waals surface area (Å²) in [5.74, 6) is -0.946. The Kier molecular flexibility index (Phi) is 19.6. The molecule has 0 aliphatic carbocycles. The van der Waals surface area contributed by atoms with E-state index in [0.29, 0.717) is 50.5 Å². The van der Waals surface area contributed by atoms with Gasteiger partial charge in [0.15, 0.2) is 12.1 Å². The maximum Gasteiger partial charge on any atom is 0.308 e. The van der Waals surface area contributed by atoms with Gasteiger partial charge in [0.1, 0.15) is 12.2 Å². The summed E-state index contributed by atoms with van der Waals surface area (Å²) >= 11 is 0. The maximum absolute atomic E-state index is 13.9. The molecule has 56 heavy (non-hydrogen) atoms. The topological polar surface area (TPSA) is 164 Å². The number of hydrogen-bond donors (Lipinski definition) is 4. The lowest BCUT2D eigenvalue weighted by Crippen LogP contribution is -2.60. The van der Waals surface area contributed by atoms with E-state index in [0.717, 1.165) is 25.2 Å². The first kappa shape index (κ1) is 48.2.